The van der Waals surface area contributed by atoms with Crippen molar-refractivity contribution in [2.45, 2.75) is 25.8 Å². The molecule has 0 bridgehead atoms. The van der Waals surface area contributed by atoms with Gasteiger partial charge in [0, 0.05) is 18.6 Å². The minimum Gasteiger partial charge on any atom is -0.381 e. The second-order valence-corrected chi connectivity index (χ2v) is 4.62. The molecular weight excluding hydrogens is 217 g/mol. The highest BCUT2D eigenvalue weighted by atomic mass is 19.1. The molecule has 1 fully saturated rings. The SMILES string of the molecule is CCN[C@@H]1CCOC[C@@H]1Cc1cccc(F)c1. The Morgan fingerprint density at radius 3 is 3.12 bits per heavy atom. The Bertz CT molecular complexity index is 354. The van der Waals surface area contributed by atoms with Gasteiger partial charge in [0.05, 0.1) is 6.61 Å². The van der Waals surface area contributed by atoms with Crippen molar-refractivity contribution in [3.8, 4) is 0 Å². The van der Waals surface area contributed by atoms with E-state index in [1.807, 2.05) is 6.07 Å². The van der Waals surface area contributed by atoms with E-state index in [1.54, 1.807) is 12.1 Å². The van der Waals surface area contributed by atoms with Crippen molar-refractivity contribution in [1.29, 1.82) is 0 Å². The minimum atomic E-state index is -0.153. The molecule has 0 aromatic heterocycles. The van der Waals surface area contributed by atoms with Gasteiger partial charge in [-0.3, -0.25) is 0 Å². The van der Waals surface area contributed by atoms with Crippen LogP contribution in [0.4, 0.5) is 4.39 Å². The lowest BCUT2D eigenvalue weighted by Gasteiger charge is -2.32. The van der Waals surface area contributed by atoms with Gasteiger partial charge in [-0.15, -0.1) is 0 Å². The Hall–Kier alpha value is -0.930. The van der Waals surface area contributed by atoms with E-state index in [4.69, 9.17) is 4.74 Å². The molecule has 1 heterocycles. The maximum Gasteiger partial charge on any atom is 0.123 e. The van der Waals surface area contributed by atoms with Gasteiger partial charge in [-0.1, -0.05) is 19.1 Å². The predicted octanol–water partition coefficient (Wildman–Crippen LogP) is 2.38. The fourth-order valence-electron chi connectivity index (χ4n) is 2.50. The molecule has 2 rings (SSSR count). The maximum atomic E-state index is 13.1. The van der Waals surface area contributed by atoms with Gasteiger partial charge in [0.1, 0.15) is 5.82 Å². The lowest BCUT2D eigenvalue weighted by Crippen LogP contribution is -2.43. The highest BCUT2D eigenvalue weighted by Gasteiger charge is 2.25. The molecule has 1 aromatic carbocycles. The molecule has 17 heavy (non-hydrogen) atoms. The van der Waals surface area contributed by atoms with Crippen LogP contribution in [-0.4, -0.2) is 25.8 Å². The third kappa shape index (κ3) is 3.51. The second-order valence-electron chi connectivity index (χ2n) is 4.62. The van der Waals surface area contributed by atoms with E-state index in [-0.39, 0.29) is 5.82 Å². The van der Waals surface area contributed by atoms with E-state index in [0.717, 1.165) is 38.2 Å². The third-order valence-corrected chi connectivity index (χ3v) is 3.33. The van der Waals surface area contributed by atoms with Gasteiger partial charge in [0.15, 0.2) is 0 Å². The zero-order valence-corrected chi connectivity index (χ0v) is 10.3. The van der Waals surface area contributed by atoms with Crippen molar-refractivity contribution in [3.05, 3.63) is 35.6 Å². The van der Waals surface area contributed by atoms with Crippen LogP contribution in [0.3, 0.4) is 0 Å². The summed E-state index contributed by atoms with van der Waals surface area (Å²) in [6, 6.07) is 7.37. The smallest absolute Gasteiger partial charge is 0.123 e. The number of hydrogen-bond donors (Lipinski definition) is 1. The quantitative estimate of drug-likeness (QED) is 0.868. The van der Waals surface area contributed by atoms with Crippen molar-refractivity contribution in [3.63, 3.8) is 0 Å². The Labute approximate surface area is 102 Å². The lowest BCUT2D eigenvalue weighted by molar-refractivity contribution is 0.0326. The highest BCUT2D eigenvalue weighted by Crippen LogP contribution is 2.20. The van der Waals surface area contributed by atoms with Gasteiger partial charge < -0.3 is 10.1 Å². The van der Waals surface area contributed by atoms with Crippen LogP contribution in [0.25, 0.3) is 0 Å². The van der Waals surface area contributed by atoms with Crippen LogP contribution >= 0.6 is 0 Å². The molecule has 1 saturated heterocycles. The average Bonchev–Trinajstić information content (AvgIpc) is 2.32. The summed E-state index contributed by atoms with van der Waals surface area (Å²) in [6.07, 6.45) is 1.93. The van der Waals surface area contributed by atoms with Crippen LogP contribution in [0.15, 0.2) is 24.3 Å². The summed E-state index contributed by atoms with van der Waals surface area (Å²) >= 11 is 0. The first-order valence-electron chi connectivity index (χ1n) is 6.35. The van der Waals surface area contributed by atoms with Gasteiger partial charge >= 0.3 is 0 Å². The number of benzene rings is 1. The van der Waals surface area contributed by atoms with E-state index in [1.165, 1.54) is 6.07 Å². The summed E-state index contributed by atoms with van der Waals surface area (Å²) < 4.78 is 18.6. The van der Waals surface area contributed by atoms with Crippen molar-refractivity contribution < 1.29 is 9.13 Å². The molecule has 0 aliphatic carbocycles. The first-order valence-corrected chi connectivity index (χ1v) is 6.35. The van der Waals surface area contributed by atoms with Crippen LogP contribution in [-0.2, 0) is 11.2 Å². The first kappa shape index (κ1) is 12.5. The Balaban J connectivity index is 2.00. The molecule has 2 atom stereocenters. The van der Waals surface area contributed by atoms with E-state index >= 15 is 0 Å². The zero-order chi connectivity index (χ0) is 12.1. The van der Waals surface area contributed by atoms with Gasteiger partial charge in [-0.2, -0.15) is 0 Å². The Kier molecular flexibility index (Phi) is 4.51. The van der Waals surface area contributed by atoms with Gasteiger partial charge in [0.25, 0.3) is 0 Å². The first-order chi connectivity index (χ1) is 8.29. The molecule has 0 saturated carbocycles. The van der Waals surface area contributed by atoms with E-state index in [0.29, 0.717) is 12.0 Å². The minimum absolute atomic E-state index is 0.153. The fourth-order valence-corrected chi connectivity index (χ4v) is 2.50. The van der Waals surface area contributed by atoms with Gasteiger partial charge in [-0.25, -0.2) is 4.39 Å². The van der Waals surface area contributed by atoms with Crippen molar-refractivity contribution in [2.75, 3.05) is 19.8 Å². The zero-order valence-electron chi connectivity index (χ0n) is 10.3. The molecule has 0 unspecified atom stereocenters. The largest absolute Gasteiger partial charge is 0.381 e. The average molecular weight is 237 g/mol. The molecule has 1 aromatic rings. The lowest BCUT2D eigenvalue weighted by atomic mass is 9.89. The summed E-state index contributed by atoms with van der Waals surface area (Å²) in [5, 5.41) is 3.50. The van der Waals surface area contributed by atoms with Crippen LogP contribution in [0.5, 0.6) is 0 Å². The molecule has 2 nitrogen and oxygen atoms in total. The third-order valence-electron chi connectivity index (χ3n) is 3.33. The van der Waals surface area contributed by atoms with Crippen molar-refractivity contribution >= 4 is 0 Å². The number of ether oxygens (including phenoxy) is 1. The monoisotopic (exact) mass is 237 g/mol. The number of hydrogen-bond acceptors (Lipinski definition) is 2. The standard InChI is InChI=1S/C14H20FNO/c1-2-16-14-6-7-17-10-12(14)8-11-4-3-5-13(15)9-11/h3-5,9,12,14,16H,2,6-8,10H2,1H3/t12-,14+/m0/s1. The summed E-state index contributed by atoms with van der Waals surface area (Å²) in [4.78, 5) is 0. The Morgan fingerprint density at radius 2 is 2.35 bits per heavy atom. The summed E-state index contributed by atoms with van der Waals surface area (Å²) in [5.41, 5.74) is 1.06. The molecule has 3 heteroatoms. The van der Waals surface area contributed by atoms with Crippen LogP contribution in [0, 0.1) is 11.7 Å². The molecule has 0 spiro atoms. The van der Waals surface area contributed by atoms with Crippen molar-refractivity contribution in [2.24, 2.45) is 5.92 Å². The molecule has 1 aliphatic heterocycles. The van der Waals surface area contributed by atoms with E-state index in [9.17, 15) is 4.39 Å². The van der Waals surface area contributed by atoms with Gasteiger partial charge in [0.2, 0.25) is 0 Å². The van der Waals surface area contributed by atoms with Crippen LogP contribution < -0.4 is 5.32 Å². The van der Waals surface area contributed by atoms with Crippen LogP contribution in [0.2, 0.25) is 0 Å². The molecule has 1 aliphatic rings. The number of nitrogens with one attached hydrogen (secondary N) is 1. The maximum absolute atomic E-state index is 13.1. The number of rotatable bonds is 4. The highest BCUT2D eigenvalue weighted by molar-refractivity contribution is 5.17. The summed E-state index contributed by atoms with van der Waals surface area (Å²) in [5.74, 6) is 0.296. The summed E-state index contributed by atoms with van der Waals surface area (Å²) in [7, 11) is 0. The molecular formula is C14H20FNO. The topological polar surface area (TPSA) is 21.3 Å². The molecule has 0 amide bonds. The normalized spacial score (nSPS) is 24.8. The molecule has 0 radical (unpaired) electrons. The second kappa shape index (κ2) is 6.12. The van der Waals surface area contributed by atoms with Crippen molar-refractivity contribution in [1.82, 2.24) is 5.32 Å². The van der Waals surface area contributed by atoms with E-state index in [2.05, 4.69) is 12.2 Å². The van der Waals surface area contributed by atoms with E-state index < -0.39 is 0 Å². The fraction of sp³-hybridized carbons (Fsp3) is 0.571. The summed E-state index contributed by atoms with van der Waals surface area (Å²) in [6.45, 7) is 4.70. The molecule has 94 valence electrons. The van der Waals surface area contributed by atoms with Crippen LogP contribution in [0.1, 0.15) is 18.9 Å². The Morgan fingerprint density at radius 1 is 1.47 bits per heavy atom. The molecule has 1 N–H and O–H groups in total. The predicted molar refractivity (Wildman–Crippen MR) is 66.5 cm³/mol. The van der Waals surface area contributed by atoms with Gasteiger partial charge in [-0.05, 0) is 37.1 Å². The number of halogens is 1.